The molecule has 1 aromatic rings. The van der Waals surface area contributed by atoms with Crippen LogP contribution < -0.4 is 4.74 Å². The summed E-state index contributed by atoms with van der Waals surface area (Å²) in [5.41, 5.74) is 2.02. The van der Waals surface area contributed by atoms with E-state index < -0.39 is 12.2 Å². The van der Waals surface area contributed by atoms with Gasteiger partial charge in [-0.3, -0.25) is 0 Å². The average molecular weight is 280 g/mol. The molecule has 0 radical (unpaired) electrons. The minimum absolute atomic E-state index is 0.306. The van der Waals surface area contributed by atoms with Crippen molar-refractivity contribution in [2.24, 2.45) is 5.41 Å². The Morgan fingerprint density at radius 1 is 1.20 bits per heavy atom. The molecule has 0 saturated carbocycles. The van der Waals surface area contributed by atoms with Gasteiger partial charge in [0, 0.05) is 0 Å². The molecule has 0 saturated heterocycles. The van der Waals surface area contributed by atoms with E-state index in [0.717, 1.165) is 24.2 Å². The summed E-state index contributed by atoms with van der Waals surface area (Å²) in [5.74, 6) is 0.930. The van der Waals surface area contributed by atoms with Gasteiger partial charge in [0.05, 0.1) is 18.8 Å². The number of aliphatic hydroxyl groups is 2. The predicted octanol–water partition coefficient (Wildman–Crippen LogP) is 3.23. The molecule has 0 aromatic heterocycles. The van der Waals surface area contributed by atoms with E-state index in [1.807, 2.05) is 26.8 Å². The second-order valence-electron chi connectivity index (χ2n) is 6.39. The van der Waals surface area contributed by atoms with Gasteiger partial charge < -0.3 is 14.9 Å². The van der Waals surface area contributed by atoms with Gasteiger partial charge in [-0.2, -0.15) is 0 Å². The molecule has 114 valence electrons. The summed E-state index contributed by atoms with van der Waals surface area (Å²) in [6.45, 7) is 10.3. The fraction of sp³-hybridized carbons (Fsp3) is 0.647. The minimum Gasteiger partial charge on any atom is -0.493 e. The highest BCUT2D eigenvalue weighted by atomic mass is 16.5. The van der Waals surface area contributed by atoms with Crippen LogP contribution in [0.15, 0.2) is 18.2 Å². The van der Waals surface area contributed by atoms with E-state index in [1.54, 1.807) is 6.92 Å². The van der Waals surface area contributed by atoms with Gasteiger partial charge in [-0.1, -0.05) is 26.0 Å². The molecule has 0 bridgehead atoms. The van der Waals surface area contributed by atoms with Gasteiger partial charge in [-0.15, -0.1) is 0 Å². The van der Waals surface area contributed by atoms with Crippen LogP contribution in [-0.2, 0) is 0 Å². The zero-order chi connectivity index (χ0) is 15.3. The maximum absolute atomic E-state index is 9.96. The Labute approximate surface area is 122 Å². The summed E-state index contributed by atoms with van der Waals surface area (Å²) in [4.78, 5) is 0. The quantitative estimate of drug-likeness (QED) is 0.754. The first-order valence-corrected chi connectivity index (χ1v) is 7.30. The number of aliphatic hydroxyl groups excluding tert-OH is 2. The van der Waals surface area contributed by atoms with E-state index in [2.05, 4.69) is 19.1 Å². The number of hydrogen-bond donors (Lipinski definition) is 2. The second kappa shape index (κ2) is 7.09. The van der Waals surface area contributed by atoms with Gasteiger partial charge >= 0.3 is 0 Å². The van der Waals surface area contributed by atoms with Crippen LogP contribution in [0.5, 0.6) is 5.75 Å². The molecule has 3 nitrogen and oxygen atoms in total. The van der Waals surface area contributed by atoms with Crippen molar-refractivity contribution in [1.29, 1.82) is 0 Å². The van der Waals surface area contributed by atoms with Crippen molar-refractivity contribution in [1.82, 2.24) is 0 Å². The van der Waals surface area contributed by atoms with Crippen LogP contribution in [0.3, 0.4) is 0 Å². The summed E-state index contributed by atoms with van der Waals surface area (Å²) in [6, 6.07) is 6.18. The van der Waals surface area contributed by atoms with Crippen molar-refractivity contribution in [3.05, 3.63) is 29.3 Å². The Hall–Kier alpha value is -1.06. The smallest absolute Gasteiger partial charge is 0.122 e. The lowest BCUT2D eigenvalue weighted by Gasteiger charge is -2.32. The summed E-state index contributed by atoms with van der Waals surface area (Å²) in [6.07, 6.45) is 0.252. The van der Waals surface area contributed by atoms with Crippen LogP contribution in [0.1, 0.15) is 44.7 Å². The molecule has 0 aliphatic carbocycles. The monoisotopic (exact) mass is 280 g/mol. The lowest BCUT2D eigenvalue weighted by molar-refractivity contribution is -0.0476. The van der Waals surface area contributed by atoms with Crippen LogP contribution in [0.4, 0.5) is 0 Å². The highest BCUT2D eigenvalue weighted by Gasteiger charge is 2.30. The molecule has 20 heavy (non-hydrogen) atoms. The Bertz CT molecular complexity index is 424. The first kappa shape index (κ1) is 17.0. The SMILES string of the molecule is Cc1ccc(C)c(OCCCC(C)(C)C(O)C(C)O)c1. The fourth-order valence-corrected chi connectivity index (χ4v) is 2.37. The normalized spacial score (nSPS) is 14.9. The van der Waals surface area contributed by atoms with Crippen LogP contribution >= 0.6 is 0 Å². The number of benzene rings is 1. The Balaban J connectivity index is 2.43. The zero-order valence-corrected chi connectivity index (χ0v) is 13.3. The average Bonchev–Trinajstić information content (AvgIpc) is 2.37. The molecule has 2 unspecified atom stereocenters. The van der Waals surface area contributed by atoms with E-state index in [4.69, 9.17) is 4.74 Å². The third-order valence-corrected chi connectivity index (χ3v) is 3.82. The van der Waals surface area contributed by atoms with E-state index in [1.165, 1.54) is 5.56 Å². The van der Waals surface area contributed by atoms with Crippen molar-refractivity contribution in [3.63, 3.8) is 0 Å². The van der Waals surface area contributed by atoms with E-state index in [0.29, 0.717) is 6.61 Å². The molecule has 0 fully saturated rings. The van der Waals surface area contributed by atoms with Gasteiger partial charge in [-0.05, 0) is 56.2 Å². The van der Waals surface area contributed by atoms with E-state index in [-0.39, 0.29) is 5.41 Å². The van der Waals surface area contributed by atoms with Gasteiger partial charge in [0.2, 0.25) is 0 Å². The van der Waals surface area contributed by atoms with Crippen molar-refractivity contribution >= 4 is 0 Å². The fourth-order valence-electron chi connectivity index (χ4n) is 2.37. The summed E-state index contributed by atoms with van der Waals surface area (Å²) < 4.78 is 5.81. The third-order valence-electron chi connectivity index (χ3n) is 3.82. The number of ether oxygens (including phenoxy) is 1. The Morgan fingerprint density at radius 3 is 2.45 bits per heavy atom. The van der Waals surface area contributed by atoms with Crippen molar-refractivity contribution in [3.8, 4) is 5.75 Å². The molecule has 0 spiro atoms. The largest absolute Gasteiger partial charge is 0.493 e. The standard InChI is InChI=1S/C17H28O3/c1-12-7-8-13(2)15(11-12)20-10-6-9-17(4,5)16(19)14(3)18/h7-8,11,14,16,18-19H,6,9-10H2,1-5H3. The number of rotatable bonds is 7. The van der Waals surface area contributed by atoms with Gasteiger partial charge in [0.15, 0.2) is 0 Å². The van der Waals surface area contributed by atoms with E-state index >= 15 is 0 Å². The maximum Gasteiger partial charge on any atom is 0.122 e. The molecule has 0 amide bonds. The Kier molecular flexibility index (Phi) is 6.03. The minimum atomic E-state index is -0.705. The van der Waals surface area contributed by atoms with Gasteiger partial charge in [0.1, 0.15) is 5.75 Å². The zero-order valence-electron chi connectivity index (χ0n) is 13.3. The molecule has 0 heterocycles. The highest BCUT2D eigenvalue weighted by Crippen LogP contribution is 2.29. The van der Waals surface area contributed by atoms with E-state index in [9.17, 15) is 10.2 Å². The first-order chi connectivity index (χ1) is 9.24. The Morgan fingerprint density at radius 2 is 1.85 bits per heavy atom. The molecule has 2 atom stereocenters. The third kappa shape index (κ3) is 4.80. The molecule has 1 aromatic carbocycles. The van der Waals surface area contributed by atoms with Crippen LogP contribution in [-0.4, -0.2) is 29.0 Å². The highest BCUT2D eigenvalue weighted by molar-refractivity contribution is 5.35. The topological polar surface area (TPSA) is 49.7 Å². The van der Waals surface area contributed by atoms with Gasteiger partial charge in [0.25, 0.3) is 0 Å². The summed E-state index contributed by atoms with van der Waals surface area (Å²) >= 11 is 0. The molecule has 2 N–H and O–H groups in total. The lowest BCUT2D eigenvalue weighted by atomic mass is 9.80. The lowest BCUT2D eigenvalue weighted by Crippen LogP contribution is -2.38. The van der Waals surface area contributed by atoms with Crippen LogP contribution in [0.2, 0.25) is 0 Å². The second-order valence-corrected chi connectivity index (χ2v) is 6.39. The molecule has 0 aliphatic heterocycles. The number of hydrogen-bond acceptors (Lipinski definition) is 3. The molecule has 0 aliphatic rings. The number of aryl methyl sites for hydroxylation is 2. The predicted molar refractivity (Wildman–Crippen MR) is 82.1 cm³/mol. The molecular weight excluding hydrogens is 252 g/mol. The maximum atomic E-state index is 9.96. The van der Waals surface area contributed by atoms with Crippen LogP contribution in [0, 0.1) is 19.3 Å². The van der Waals surface area contributed by atoms with Crippen molar-refractivity contribution in [2.45, 2.75) is 59.7 Å². The van der Waals surface area contributed by atoms with Crippen molar-refractivity contribution < 1.29 is 14.9 Å². The molecular formula is C17H28O3. The van der Waals surface area contributed by atoms with Crippen LogP contribution in [0.25, 0.3) is 0 Å². The molecule has 1 rings (SSSR count). The van der Waals surface area contributed by atoms with Crippen molar-refractivity contribution in [2.75, 3.05) is 6.61 Å². The summed E-state index contributed by atoms with van der Waals surface area (Å²) in [7, 11) is 0. The van der Waals surface area contributed by atoms with Gasteiger partial charge in [-0.25, -0.2) is 0 Å². The molecule has 3 heteroatoms. The first-order valence-electron chi connectivity index (χ1n) is 7.30. The summed E-state index contributed by atoms with van der Waals surface area (Å²) in [5, 5.41) is 19.4.